The van der Waals surface area contributed by atoms with Crippen LogP contribution in [0.5, 0.6) is 0 Å². The second-order valence-electron chi connectivity index (χ2n) is 5.23. The molecule has 116 valence electrons. The zero-order valence-corrected chi connectivity index (χ0v) is 11.5. The van der Waals surface area contributed by atoms with Crippen molar-refractivity contribution in [1.82, 2.24) is 4.90 Å². The molecular formula is C14H18F3N3O. The molecule has 0 bridgehead atoms. The first-order chi connectivity index (χ1) is 9.86. The molecule has 4 nitrogen and oxygen atoms in total. The van der Waals surface area contributed by atoms with Gasteiger partial charge in [-0.15, -0.1) is 0 Å². The number of likely N-dealkylation sites (tertiary alicyclic amines) is 1. The summed E-state index contributed by atoms with van der Waals surface area (Å²) >= 11 is 0. The number of carbonyl (C=O) groups is 1. The minimum atomic E-state index is -4.13. The van der Waals surface area contributed by atoms with Crippen molar-refractivity contribution >= 4 is 17.3 Å². The third-order valence-corrected chi connectivity index (χ3v) is 3.65. The summed E-state index contributed by atoms with van der Waals surface area (Å²) in [7, 11) is 0. The molecule has 0 saturated carbocycles. The summed E-state index contributed by atoms with van der Waals surface area (Å²) in [5, 5.41) is 2.67. The number of para-hydroxylation sites is 2. The molecule has 1 fully saturated rings. The molecule has 3 N–H and O–H groups in total. The van der Waals surface area contributed by atoms with Crippen LogP contribution in [-0.2, 0) is 4.79 Å². The average molecular weight is 301 g/mol. The number of nitrogens with one attached hydrogen (secondary N) is 1. The standard InChI is InChI=1S/C14H18F3N3O/c15-14(16,17)10-5-7-20(8-6-10)9-13(21)19-12-4-2-1-3-11(12)18/h1-4,10H,5-9,18H2,(H,19,21). The fourth-order valence-electron chi connectivity index (χ4n) is 2.42. The Morgan fingerprint density at radius 2 is 1.90 bits per heavy atom. The largest absolute Gasteiger partial charge is 0.397 e. The van der Waals surface area contributed by atoms with Crippen molar-refractivity contribution in [3.8, 4) is 0 Å². The van der Waals surface area contributed by atoms with Gasteiger partial charge in [0.05, 0.1) is 23.8 Å². The molecule has 0 radical (unpaired) electrons. The van der Waals surface area contributed by atoms with Crippen LogP contribution in [0.15, 0.2) is 24.3 Å². The average Bonchev–Trinajstić information content (AvgIpc) is 2.41. The van der Waals surface area contributed by atoms with Crippen molar-refractivity contribution in [2.75, 3.05) is 30.7 Å². The minimum absolute atomic E-state index is 0.0459. The minimum Gasteiger partial charge on any atom is -0.397 e. The van der Waals surface area contributed by atoms with Crippen LogP contribution in [0.25, 0.3) is 0 Å². The van der Waals surface area contributed by atoms with Crippen LogP contribution >= 0.6 is 0 Å². The highest BCUT2D eigenvalue weighted by atomic mass is 19.4. The van der Waals surface area contributed by atoms with E-state index in [0.29, 0.717) is 11.4 Å². The van der Waals surface area contributed by atoms with Crippen molar-refractivity contribution in [2.45, 2.75) is 19.0 Å². The van der Waals surface area contributed by atoms with Crippen molar-refractivity contribution < 1.29 is 18.0 Å². The second-order valence-corrected chi connectivity index (χ2v) is 5.23. The van der Waals surface area contributed by atoms with Gasteiger partial charge in [0.25, 0.3) is 0 Å². The van der Waals surface area contributed by atoms with E-state index in [1.54, 1.807) is 29.2 Å². The number of rotatable bonds is 3. The molecule has 7 heteroatoms. The van der Waals surface area contributed by atoms with Crippen LogP contribution in [0, 0.1) is 5.92 Å². The van der Waals surface area contributed by atoms with Crippen LogP contribution in [0.3, 0.4) is 0 Å². The Hall–Kier alpha value is -1.76. The molecule has 1 aromatic carbocycles. The van der Waals surface area contributed by atoms with Crippen molar-refractivity contribution in [3.05, 3.63) is 24.3 Å². The predicted molar refractivity (Wildman–Crippen MR) is 74.7 cm³/mol. The summed E-state index contributed by atoms with van der Waals surface area (Å²) in [6, 6.07) is 6.86. The highest BCUT2D eigenvalue weighted by Gasteiger charge is 2.41. The number of halogens is 3. The molecule has 0 atom stereocenters. The lowest BCUT2D eigenvalue weighted by molar-refractivity contribution is -0.184. The summed E-state index contributed by atoms with van der Waals surface area (Å²) in [5.74, 6) is -1.51. The number of carbonyl (C=O) groups excluding carboxylic acids is 1. The maximum Gasteiger partial charge on any atom is 0.391 e. The van der Waals surface area contributed by atoms with E-state index in [1.807, 2.05) is 0 Å². The quantitative estimate of drug-likeness (QED) is 0.843. The van der Waals surface area contributed by atoms with Gasteiger partial charge in [-0.3, -0.25) is 9.69 Å². The topological polar surface area (TPSA) is 58.4 Å². The molecule has 1 heterocycles. The second kappa shape index (κ2) is 6.34. The number of amides is 1. The Labute approximate surface area is 121 Å². The molecule has 0 unspecified atom stereocenters. The number of benzene rings is 1. The fraction of sp³-hybridized carbons (Fsp3) is 0.500. The first-order valence-corrected chi connectivity index (χ1v) is 6.79. The number of piperidine rings is 1. The number of hydrogen-bond acceptors (Lipinski definition) is 3. The lowest BCUT2D eigenvalue weighted by Gasteiger charge is -2.32. The number of alkyl halides is 3. The number of anilines is 2. The molecule has 0 aromatic heterocycles. The Balaban J connectivity index is 1.81. The van der Waals surface area contributed by atoms with Gasteiger partial charge in [-0.2, -0.15) is 13.2 Å². The Bertz CT molecular complexity index is 496. The lowest BCUT2D eigenvalue weighted by atomic mass is 9.96. The predicted octanol–water partition coefficient (Wildman–Crippen LogP) is 2.48. The fourth-order valence-corrected chi connectivity index (χ4v) is 2.42. The van der Waals surface area contributed by atoms with Gasteiger partial charge in [-0.05, 0) is 38.1 Å². The normalized spacial score (nSPS) is 17.7. The smallest absolute Gasteiger partial charge is 0.391 e. The SMILES string of the molecule is Nc1ccccc1NC(=O)CN1CCC(C(F)(F)F)CC1. The van der Waals surface area contributed by atoms with Crippen LogP contribution in [0.4, 0.5) is 24.5 Å². The first kappa shape index (κ1) is 15.6. The van der Waals surface area contributed by atoms with Gasteiger partial charge in [0.15, 0.2) is 0 Å². The lowest BCUT2D eigenvalue weighted by Crippen LogP contribution is -2.42. The van der Waals surface area contributed by atoms with E-state index in [2.05, 4.69) is 5.32 Å². The van der Waals surface area contributed by atoms with Gasteiger partial charge >= 0.3 is 6.18 Å². The molecule has 1 aliphatic rings. The van der Waals surface area contributed by atoms with Gasteiger partial charge in [0.2, 0.25) is 5.91 Å². The first-order valence-electron chi connectivity index (χ1n) is 6.79. The zero-order valence-electron chi connectivity index (χ0n) is 11.5. The van der Waals surface area contributed by atoms with Crippen molar-refractivity contribution in [1.29, 1.82) is 0 Å². The monoisotopic (exact) mass is 301 g/mol. The van der Waals surface area contributed by atoms with Gasteiger partial charge in [0.1, 0.15) is 0 Å². The van der Waals surface area contributed by atoms with Crippen LogP contribution in [-0.4, -0.2) is 36.6 Å². The van der Waals surface area contributed by atoms with E-state index in [9.17, 15) is 18.0 Å². The van der Waals surface area contributed by atoms with E-state index in [-0.39, 0.29) is 38.4 Å². The maximum atomic E-state index is 12.6. The summed E-state index contributed by atoms with van der Waals surface area (Å²) < 4.78 is 37.7. The summed E-state index contributed by atoms with van der Waals surface area (Å²) in [6.07, 6.45) is -4.04. The molecule has 1 aliphatic heterocycles. The Morgan fingerprint density at radius 1 is 1.29 bits per heavy atom. The molecule has 2 rings (SSSR count). The molecule has 1 saturated heterocycles. The Kier molecular flexibility index (Phi) is 4.72. The van der Waals surface area contributed by atoms with Gasteiger partial charge in [-0.25, -0.2) is 0 Å². The number of nitrogens with two attached hydrogens (primary N) is 1. The zero-order chi connectivity index (χ0) is 15.5. The van der Waals surface area contributed by atoms with Crippen LogP contribution < -0.4 is 11.1 Å². The summed E-state index contributed by atoms with van der Waals surface area (Å²) in [5.41, 5.74) is 6.70. The molecular weight excluding hydrogens is 283 g/mol. The highest BCUT2D eigenvalue weighted by molar-refractivity contribution is 5.95. The molecule has 1 amide bonds. The summed E-state index contributed by atoms with van der Waals surface area (Å²) in [6.45, 7) is 0.642. The molecule has 21 heavy (non-hydrogen) atoms. The van der Waals surface area contributed by atoms with Crippen LogP contribution in [0.2, 0.25) is 0 Å². The van der Waals surface area contributed by atoms with Crippen LogP contribution in [0.1, 0.15) is 12.8 Å². The van der Waals surface area contributed by atoms with Crippen molar-refractivity contribution in [3.63, 3.8) is 0 Å². The van der Waals surface area contributed by atoms with E-state index in [1.165, 1.54) is 0 Å². The third kappa shape index (κ3) is 4.35. The molecule has 0 aliphatic carbocycles. The third-order valence-electron chi connectivity index (χ3n) is 3.65. The van der Waals surface area contributed by atoms with Gasteiger partial charge in [0, 0.05) is 0 Å². The number of hydrogen-bond donors (Lipinski definition) is 2. The van der Waals surface area contributed by atoms with E-state index in [4.69, 9.17) is 5.73 Å². The molecule has 1 aromatic rings. The number of nitrogens with zero attached hydrogens (tertiary/aromatic N) is 1. The maximum absolute atomic E-state index is 12.6. The number of nitrogen functional groups attached to an aromatic ring is 1. The van der Waals surface area contributed by atoms with E-state index in [0.717, 1.165) is 0 Å². The summed E-state index contributed by atoms with van der Waals surface area (Å²) in [4.78, 5) is 13.6. The van der Waals surface area contributed by atoms with Gasteiger partial charge < -0.3 is 11.1 Å². The Morgan fingerprint density at radius 3 is 2.48 bits per heavy atom. The van der Waals surface area contributed by atoms with E-state index < -0.39 is 12.1 Å². The van der Waals surface area contributed by atoms with Crippen molar-refractivity contribution in [2.24, 2.45) is 5.92 Å². The van der Waals surface area contributed by atoms with E-state index >= 15 is 0 Å². The van der Waals surface area contributed by atoms with Gasteiger partial charge in [-0.1, -0.05) is 12.1 Å². The molecule has 0 spiro atoms. The highest BCUT2D eigenvalue weighted by Crippen LogP contribution is 2.33.